The molecule has 0 saturated heterocycles. The number of aliphatic hydroxyl groups is 5. The van der Waals surface area contributed by atoms with Crippen LogP contribution in [-0.4, -0.2) is 68.1 Å². The molecule has 1 aliphatic carbocycles. The van der Waals surface area contributed by atoms with Crippen LogP contribution in [0.1, 0.15) is 19.8 Å². The van der Waals surface area contributed by atoms with Gasteiger partial charge in [0.05, 0.1) is 0 Å². The monoisotopic (exact) mass is 250 g/mol. The third-order valence-corrected chi connectivity index (χ3v) is 2.79. The van der Waals surface area contributed by atoms with E-state index in [0.717, 1.165) is 0 Å². The average molecular weight is 250 g/mol. The smallest absolute Gasteiger partial charge is 0.306 e. The van der Waals surface area contributed by atoms with Crippen molar-refractivity contribution < 1.29 is 35.1 Å². The first-order chi connectivity index (χ1) is 7.90. The Kier molecular flexibility index (Phi) is 4.84. The fourth-order valence-corrected chi connectivity index (χ4v) is 1.75. The third-order valence-electron chi connectivity index (χ3n) is 2.79. The van der Waals surface area contributed by atoms with Crippen LogP contribution < -0.4 is 0 Å². The molecule has 2 unspecified atom stereocenters. The molecule has 0 amide bonds. The van der Waals surface area contributed by atoms with Crippen molar-refractivity contribution in [2.45, 2.75) is 56.4 Å². The molecule has 1 rings (SSSR count). The van der Waals surface area contributed by atoms with Crippen molar-refractivity contribution in [2.24, 2.45) is 0 Å². The predicted octanol–water partition coefficient (Wildman–Crippen LogP) is -2.48. The highest BCUT2D eigenvalue weighted by Gasteiger charge is 2.50. The molecule has 0 aromatic heterocycles. The lowest BCUT2D eigenvalue weighted by molar-refractivity contribution is -0.233. The molecular formula is C10H18O7. The zero-order valence-electron chi connectivity index (χ0n) is 9.43. The Morgan fingerprint density at radius 3 is 1.76 bits per heavy atom. The summed E-state index contributed by atoms with van der Waals surface area (Å²) in [4.78, 5) is 11.2. The fraction of sp³-hybridized carbons (Fsp3) is 0.900. The summed E-state index contributed by atoms with van der Waals surface area (Å²) in [5, 5.41) is 47.2. The van der Waals surface area contributed by atoms with Gasteiger partial charge < -0.3 is 30.3 Å². The highest BCUT2D eigenvalue weighted by atomic mass is 16.6. The maximum atomic E-state index is 11.2. The summed E-state index contributed by atoms with van der Waals surface area (Å²) < 4.78 is 4.78. The first-order valence-corrected chi connectivity index (χ1v) is 5.50. The highest BCUT2D eigenvalue weighted by Crippen LogP contribution is 2.24. The molecule has 7 heteroatoms. The van der Waals surface area contributed by atoms with E-state index in [1.165, 1.54) is 0 Å². The molecule has 7 nitrogen and oxygen atoms in total. The number of hydrogen-bond acceptors (Lipinski definition) is 7. The minimum atomic E-state index is -1.68. The lowest BCUT2D eigenvalue weighted by Gasteiger charge is -2.41. The van der Waals surface area contributed by atoms with Gasteiger partial charge in [-0.2, -0.15) is 0 Å². The van der Waals surface area contributed by atoms with E-state index < -0.39 is 42.6 Å². The Morgan fingerprint density at radius 1 is 0.941 bits per heavy atom. The predicted molar refractivity (Wildman–Crippen MR) is 54.8 cm³/mol. The second kappa shape index (κ2) is 5.74. The molecule has 17 heavy (non-hydrogen) atoms. The minimum absolute atomic E-state index is 0.102. The Morgan fingerprint density at radius 2 is 1.35 bits per heavy atom. The molecule has 0 bridgehead atoms. The van der Waals surface area contributed by atoms with E-state index in [4.69, 9.17) is 4.74 Å². The van der Waals surface area contributed by atoms with Crippen molar-refractivity contribution in [1.29, 1.82) is 0 Å². The summed E-state index contributed by atoms with van der Waals surface area (Å²) >= 11 is 0. The molecule has 1 fully saturated rings. The van der Waals surface area contributed by atoms with Crippen LogP contribution in [0, 0.1) is 0 Å². The largest absolute Gasteiger partial charge is 0.457 e. The number of carbonyl (C=O) groups is 1. The summed E-state index contributed by atoms with van der Waals surface area (Å²) in [7, 11) is 0. The molecule has 0 aromatic carbocycles. The summed E-state index contributed by atoms with van der Waals surface area (Å²) in [6.07, 6.45) is -9.10. The standard InChI is InChI=1S/C10H18O7/c1-2-3-4(11)17-10-8(15)6(13)5(12)7(14)9(10)16/h5-10,12-16H,2-3H2,1H3/t5?,6-,7+,8-,9-,10?/m0/s1. The van der Waals surface area contributed by atoms with E-state index >= 15 is 0 Å². The topological polar surface area (TPSA) is 127 Å². The van der Waals surface area contributed by atoms with Gasteiger partial charge in [0.15, 0.2) is 6.10 Å². The van der Waals surface area contributed by atoms with Crippen LogP contribution in [0.4, 0.5) is 0 Å². The minimum Gasteiger partial charge on any atom is -0.457 e. The van der Waals surface area contributed by atoms with E-state index in [0.29, 0.717) is 6.42 Å². The first kappa shape index (κ1) is 14.3. The van der Waals surface area contributed by atoms with E-state index in [9.17, 15) is 30.3 Å². The number of rotatable bonds is 3. The zero-order valence-corrected chi connectivity index (χ0v) is 9.43. The van der Waals surface area contributed by atoms with Gasteiger partial charge in [-0.25, -0.2) is 0 Å². The number of esters is 1. The maximum Gasteiger partial charge on any atom is 0.306 e. The van der Waals surface area contributed by atoms with Gasteiger partial charge in [0.25, 0.3) is 0 Å². The Labute approximate surface area is 98.3 Å². The Hall–Kier alpha value is -0.730. The van der Waals surface area contributed by atoms with Crippen LogP contribution in [0.3, 0.4) is 0 Å². The second-order valence-corrected chi connectivity index (χ2v) is 4.16. The molecule has 0 spiro atoms. The van der Waals surface area contributed by atoms with Crippen molar-refractivity contribution in [3.8, 4) is 0 Å². The molecule has 100 valence electrons. The van der Waals surface area contributed by atoms with Crippen LogP contribution >= 0.6 is 0 Å². The SMILES string of the molecule is CCCC(=O)OC1[C@@H](O)[C@H](O)C(O)[C@H](O)[C@@H]1O. The van der Waals surface area contributed by atoms with Crippen LogP contribution in [0.2, 0.25) is 0 Å². The van der Waals surface area contributed by atoms with Gasteiger partial charge in [-0.1, -0.05) is 6.92 Å². The number of ether oxygens (including phenoxy) is 1. The number of hydrogen-bond donors (Lipinski definition) is 5. The normalized spacial score (nSPS) is 42.2. The van der Waals surface area contributed by atoms with Gasteiger partial charge in [0.2, 0.25) is 0 Å². The molecule has 6 atom stereocenters. The number of aliphatic hydroxyl groups excluding tert-OH is 5. The van der Waals surface area contributed by atoms with Crippen molar-refractivity contribution in [3.63, 3.8) is 0 Å². The van der Waals surface area contributed by atoms with Gasteiger partial charge in [0.1, 0.15) is 30.5 Å². The molecular weight excluding hydrogens is 232 g/mol. The first-order valence-electron chi connectivity index (χ1n) is 5.50. The fourth-order valence-electron chi connectivity index (χ4n) is 1.75. The average Bonchev–Trinajstić information content (AvgIpc) is 2.30. The van der Waals surface area contributed by atoms with E-state index in [1.807, 2.05) is 0 Å². The summed E-state index contributed by atoms with van der Waals surface area (Å²) in [6.45, 7) is 1.75. The van der Waals surface area contributed by atoms with Crippen molar-refractivity contribution >= 4 is 5.97 Å². The molecule has 0 radical (unpaired) electrons. The Balaban J connectivity index is 2.72. The quantitative estimate of drug-likeness (QED) is 0.351. The zero-order chi connectivity index (χ0) is 13.2. The van der Waals surface area contributed by atoms with Crippen molar-refractivity contribution in [3.05, 3.63) is 0 Å². The van der Waals surface area contributed by atoms with Crippen LogP contribution in [0.25, 0.3) is 0 Å². The summed E-state index contributed by atoms with van der Waals surface area (Å²) in [5.74, 6) is -0.647. The van der Waals surface area contributed by atoms with E-state index in [2.05, 4.69) is 0 Å². The summed E-state index contributed by atoms with van der Waals surface area (Å²) in [5.41, 5.74) is 0. The Bertz CT molecular complexity index is 253. The third kappa shape index (κ3) is 2.93. The van der Waals surface area contributed by atoms with Gasteiger partial charge in [-0.3, -0.25) is 4.79 Å². The molecule has 0 aromatic rings. The molecule has 5 N–H and O–H groups in total. The van der Waals surface area contributed by atoms with Crippen LogP contribution in [0.5, 0.6) is 0 Å². The van der Waals surface area contributed by atoms with Crippen molar-refractivity contribution in [1.82, 2.24) is 0 Å². The van der Waals surface area contributed by atoms with Gasteiger partial charge in [0, 0.05) is 6.42 Å². The lowest BCUT2D eigenvalue weighted by atomic mass is 9.85. The van der Waals surface area contributed by atoms with Crippen molar-refractivity contribution in [2.75, 3.05) is 0 Å². The van der Waals surface area contributed by atoms with E-state index in [1.54, 1.807) is 6.92 Å². The van der Waals surface area contributed by atoms with Crippen LogP contribution in [0.15, 0.2) is 0 Å². The van der Waals surface area contributed by atoms with Crippen LogP contribution in [-0.2, 0) is 9.53 Å². The maximum absolute atomic E-state index is 11.2. The highest BCUT2D eigenvalue weighted by molar-refractivity contribution is 5.69. The molecule has 1 aliphatic rings. The summed E-state index contributed by atoms with van der Waals surface area (Å²) in [6, 6.07) is 0. The molecule has 1 saturated carbocycles. The molecule has 0 aliphatic heterocycles. The lowest BCUT2D eigenvalue weighted by Crippen LogP contribution is -2.64. The van der Waals surface area contributed by atoms with E-state index in [-0.39, 0.29) is 6.42 Å². The second-order valence-electron chi connectivity index (χ2n) is 4.16. The molecule has 0 heterocycles. The van der Waals surface area contributed by atoms with Gasteiger partial charge in [-0.15, -0.1) is 0 Å². The van der Waals surface area contributed by atoms with Gasteiger partial charge >= 0.3 is 5.97 Å². The number of carbonyl (C=O) groups excluding carboxylic acids is 1. The van der Waals surface area contributed by atoms with Gasteiger partial charge in [-0.05, 0) is 6.42 Å².